The molecule has 0 fully saturated rings. The summed E-state index contributed by atoms with van der Waals surface area (Å²) in [6.45, 7) is 1.69. The Labute approximate surface area is 105 Å². The zero-order valence-corrected chi connectivity index (χ0v) is 10.6. The minimum Gasteiger partial charge on any atom is -0.481 e. The number of methoxy groups -OCH3 is 2. The number of aliphatic hydroxyl groups excluding tert-OH is 2. The lowest BCUT2D eigenvalue weighted by molar-refractivity contribution is -0.144. The molecule has 0 aliphatic carbocycles. The van der Waals surface area contributed by atoms with Gasteiger partial charge in [-0.05, 0) is 13.0 Å². The number of rotatable bonds is 5. The highest BCUT2D eigenvalue weighted by molar-refractivity contribution is 5.69. The summed E-state index contributed by atoms with van der Waals surface area (Å²) in [5, 5.41) is 19.7. The van der Waals surface area contributed by atoms with E-state index < -0.39 is 18.2 Å². The van der Waals surface area contributed by atoms with Crippen LogP contribution in [0.25, 0.3) is 0 Å². The van der Waals surface area contributed by atoms with Crippen LogP contribution in [0.15, 0.2) is 12.1 Å². The SMILES string of the molecule is COC(=O)CC(O)C(O)c1ccc(OC)nc1C. The monoisotopic (exact) mass is 255 g/mol. The fraction of sp³-hybridized carbons (Fsp3) is 0.500. The zero-order valence-electron chi connectivity index (χ0n) is 10.6. The molecule has 6 nitrogen and oxygen atoms in total. The van der Waals surface area contributed by atoms with Crippen molar-refractivity contribution in [1.82, 2.24) is 4.98 Å². The van der Waals surface area contributed by atoms with Crippen molar-refractivity contribution in [1.29, 1.82) is 0 Å². The van der Waals surface area contributed by atoms with E-state index in [1.165, 1.54) is 14.2 Å². The number of carbonyl (C=O) groups excluding carboxylic acids is 1. The van der Waals surface area contributed by atoms with E-state index in [4.69, 9.17) is 4.74 Å². The Bertz CT molecular complexity index is 421. The molecular weight excluding hydrogens is 238 g/mol. The molecule has 1 rings (SSSR count). The summed E-state index contributed by atoms with van der Waals surface area (Å²) in [6, 6.07) is 3.18. The molecule has 0 aliphatic rings. The van der Waals surface area contributed by atoms with Crippen LogP contribution >= 0.6 is 0 Å². The third-order valence-electron chi connectivity index (χ3n) is 2.60. The molecule has 18 heavy (non-hydrogen) atoms. The van der Waals surface area contributed by atoms with Crippen molar-refractivity contribution in [2.24, 2.45) is 0 Å². The number of nitrogens with zero attached hydrogens (tertiary/aromatic N) is 1. The van der Waals surface area contributed by atoms with Crippen LogP contribution in [-0.4, -0.2) is 41.5 Å². The molecule has 2 unspecified atom stereocenters. The third-order valence-corrected chi connectivity index (χ3v) is 2.60. The van der Waals surface area contributed by atoms with E-state index in [0.717, 1.165) is 0 Å². The molecule has 0 radical (unpaired) electrons. The van der Waals surface area contributed by atoms with Crippen LogP contribution in [0.5, 0.6) is 5.88 Å². The van der Waals surface area contributed by atoms with E-state index >= 15 is 0 Å². The summed E-state index contributed by atoms with van der Waals surface area (Å²) in [6.07, 6.45) is -2.70. The van der Waals surface area contributed by atoms with E-state index in [2.05, 4.69) is 9.72 Å². The normalized spacial score (nSPS) is 13.8. The van der Waals surface area contributed by atoms with Gasteiger partial charge < -0.3 is 19.7 Å². The second-order valence-corrected chi connectivity index (χ2v) is 3.82. The molecule has 0 saturated heterocycles. The van der Waals surface area contributed by atoms with Crippen molar-refractivity contribution in [3.8, 4) is 5.88 Å². The first-order valence-corrected chi connectivity index (χ1v) is 5.44. The first kappa shape index (κ1) is 14.4. The topological polar surface area (TPSA) is 88.9 Å². The second-order valence-electron chi connectivity index (χ2n) is 3.82. The molecule has 1 aromatic heterocycles. The number of hydrogen-bond donors (Lipinski definition) is 2. The Morgan fingerprint density at radius 1 is 1.39 bits per heavy atom. The summed E-state index contributed by atoms with van der Waals surface area (Å²) in [7, 11) is 2.71. The number of ether oxygens (including phenoxy) is 2. The number of aryl methyl sites for hydroxylation is 1. The minimum atomic E-state index is -1.23. The highest BCUT2D eigenvalue weighted by Gasteiger charge is 2.23. The van der Waals surface area contributed by atoms with Gasteiger partial charge in [0.05, 0.1) is 26.7 Å². The maximum absolute atomic E-state index is 11.0. The summed E-state index contributed by atoms with van der Waals surface area (Å²) in [5.74, 6) is -0.161. The molecule has 0 spiro atoms. The van der Waals surface area contributed by atoms with Crippen molar-refractivity contribution in [2.45, 2.75) is 25.6 Å². The smallest absolute Gasteiger partial charge is 0.308 e. The Kier molecular flexibility index (Phi) is 5.06. The van der Waals surface area contributed by atoms with E-state index in [9.17, 15) is 15.0 Å². The number of aromatic nitrogens is 1. The molecule has 0 amide bonds. The third kappa shape index (κ3) is 3.41. The van der Waals surface area contributed by atoms with Crippen molar-refractivity contribution in [2.75, 3.05) is 14.2 Å². The van der Waals surface area contributed by atoms with E-state index in [1.54, 1.807) is 19.1 Å². The minimum absolute atomic E-state index is 0.275. The molecule has 2 N–H and O–H groups in total. The van der Waals surface area contributed by atoms with Gasteiger partial charge in [-0.1, -0.05) is 0 Å². The Balaban J connectivity index is 2.83. The molecule has 2 atom stereocenters. The lowest BCUT2D eigenvalue weighted by Crippen LogP contribution is -2.23. The number of carbonyl (C=O) groups is 1. The maximum Gasteiger partial charge on any atom is 0.308 e. The highest BCUT2D eigenvalue weighted by Crippen LogP contribution is 2.23. The van der Waals surface area contributed by atoms with Gasteiger partial charge in [0.2, 0.25) is 5.88 Å². The van der Waals surface area contributed by atoms with Gasteiger partial charge >= 0.3 is 5.97 Å². The van der Waals surface area contributed by atoms with Crippen LogP contribution in [0.2, 0.25) is 0 Å². The molecule has 0 aliphatic heterocycles. The Morgan fingerprint density at radius 3 is 2.56 bits per heavy atom. The van der Waals surface area contributed by atoms with Crippen LogP contribution in [0, 0.1) is 6.92 Å². The van der Waals surface area contributed by atoms with Crippen LogP contribution < -0.4 is 4.74 Å². The molecule has 0 saturated carbocycles. The van der Waals surface area contributed by atoms with Crippen LogP contribution in [0.3, 0.4) is 0 Å². The van der Waals surface area contributed by atoms with E-state index in [1.807, 2.05) is 0 Å². The fourth-order valence-electron chi connectivity index (χ4n) is 1.55. The lowest BCUT2D eigenvalue weighted by atomic mass is 10.0. The molecular formula is C12H17NO5. The second kappa shape index (κ2) is 6.32. The first-order valence-electron chi connectivity index (χ1n) is 5.44. The Hall–Kier alpha value is -1.66. The van der Waals surface area contributed by atoms with Gasteiger partial charge in [-0.2, -0.15) is 0 Å². The van der Waals surface area contributed by atoms with Gasteiger partial charge in [0.15, 0.2) is 0 Å². The number of hydrogen-bond acceptors (Lipinski definition) is 6. The Morgan fingerprint density at radius 2 is 2.06 bits per heavy atom. The predicted molar refractivity (Wildman–Crippen MR) is 63.1 cm³/mol. The van der Waals surface area contributed by atoms with Gasteiger partial charge in [0.1, 0.15) is 6.10 Å². The molecule has 1 aromatic rings. The van der Waals surface area contributed by atoms with Gasteiger partial charge in [-0.15, -0.1) is 0 Å². The molecule has 0 bridgehead atoms. The molecule has 100 valence electrons. The van der Waals surface area contributed by atoms with Crippen LogP contribution in [-0.2, 0) is 9.53 Å². The van der Waals surface area contributed by atoms with Gasteiger partial charge in [0.25, 0.3) is 0 Å². The van der Waals surface area contributed by atoms with Gasteiger partial charge in [-0.3, -0.25) is 4.79 Å². The fourth-order valence-corrected chi connectivity index (χ4v) is 1.55. The van der Waals surface area contributed by atoms with Crippen LogP contribution in [0.4, 0.5) is 0 Å². The summed E-state index contributed by atoms with van der Waals surface area (Å²) in [4.78, 5) is 15.1. The van der Waals surface area contributed by atoms with E-state index in [0.29, 0.717) is 17.1 Å². The molecule has 1 heterocycles. The van der Waals surface area contributed by atoms with Crippen molar-refractivity contribution in [3.05, 3.63) is 23.4 Å². The number of aliphatic hydroxyl groups is 2. The van der Waals surface area contributed by atoms with Gasteiger partial charge in [0, 0.05) is 17.3 Å². The van der Waals surface area contributed by atoms with E-state index in [-0.39, 0.29) is 6.42 Å². The van der Waals surface area contributed by atoms with Crippen molar-refractivity contribution < 1.29 is 24.5 Å². The summed E-state index contributed by atoms with van der Waals surface area (Å²) < 4.78 is 9.37. The average molecular weight is 255 g/mol. The lowest BCUT2D eigenvalue weighted by Gasteiger charge is -2.18. The molecule has 6 heteroatoms. The van der Waals surface area contributed by atoms with Crippen molar-refractivity contribution in [3.63, 3.8) is 0 Å². The van der Waals surface area contributed by atoms with Crippen LogP contribution in [0.1, 0.15) is 23.8 Å². The zero-order chi connectivity index (χ0) is 13.7. The standard InChI is InChI=1S/C12H17NO5/c1-7-8(4-5-10(13-7)17-2)12(16)9(14)6-11(15)18-3/h4-5,9,12,14,16H,6H2,1-3H3. The number of esters is 1. The molecule has 0 aromatic carbocycles. The average Bonchev–Trinajstić information content (AvgIpc) is 2.37. The quantitative estimate of drug-likeness (QED) is 0.738. The number of pyridine rings is 1. The highest BCUT2D eigenvalue weighted by atomic mass is 16.5. The van der Waals surface area contributed by atoms with Crippen molar-refractivity contribution >= 4 is 5.97 Å². The summed E-state index contributed by atoms with van der Waals surface area (Å²) >= 11 is 0. The predicted octanol–water partition coefficient (Wildman–Crippen LogP) is 0.356. The maximum atomic E-state index is 11.0. The van der Waals surface area contributed by atoms with Gasteiger partial charge in [-0.25, -0.2) is 4.98 Å². The first-order chi connectivity index (χ1) is 8.49. The largest absolute Gasteiger partial charge is 0.481 e. The summed E-state index contributed by atoms with van der Waals surface area (Å²) in [5.41, 5.74) is 0.984.